The average Bonchev–Trinajstić information content (AvgIpc) is 2.04. The summed E-state index contributed by atoms with van der Waals surface area (Å²) >= 11 is 0. The molecule has 3 heteroatoms. The van der Waals surface area contributed by atoms with E-state index in [1.165, 1.54) is 0 Å². The van der Waals surface area contributed by atoms with E-state index < -0.39 is 5.97 Å². The molecule has 3 nitrogen and oxygen atoms in total. The van der Waals surface area contributed by atoms with Crippen LogP contribution in [0.4, 0.5) is 0 Å². The monoisotopic (exact) mass is 179 g/mol. The van der Waals surface area contributed by atoms with Gasteiger partial charge in [-0.1, -0.05) is 6.92 Å². The first-order valence-electron chi connectivity index (χ1n) is 4.24. The largest absolute Gasteiger partial charge is 0.481 e. The molecule has 0 aliphatic rings. The van der Waals surface area contributed by atoms with Gasteiger partial charge < -0.3 is 5.11 Å². The van der Waals surface area contributed by atoms with E-state index in [2.05, 4.69) is 4.98 Å². The molecule has 0 amide bonds. The quantitative estimate of drug-likeness (QED) is 0.767. The van der Waals surface area contributed by atoms with Crippen molar-refractivity contribution in [2.24, 2.45) is 5.92 Å². The number of carboxylic acids is 1. The van der Waals surface area contributed by atoms with Gasteiger partial charge in [0.05, 0.1) is 5.92 Å². The molecule has 0 aliphatic heterocycles. The van der Waals surface area contributed by atoms with E-state index in [0.29, 0.717) is 6.42 Å². The van der Waals surface area contributed by atoms with Gasteiger partial charge >= 0.3 is 5.97 Å². The first-order valence-corrected chi connectivity index (χ1v) is 4.24. The normalized spacial score (nSPS) is 12.5. The molecule has 0 radical (unpaired) electrons. The van der Waals surface area contributed by atoms with E-state index >= 15 is 0 Å². The summed E-state index contributed by atoms with van der Waals surface area (Å²) in [6, 6.07) is 3.81. The number of aromatic nitrogens is 1. The Morgan fingerprint density at radius 3 is 2.92 bits per heavy atom. The number of pyridine rings is 1. The third kappa shape index (κ3) is 2.86. The van der Waals surface area contributed by atoms with Gasteiger partial charge in [-0.3, -0.25) is 9.78 Å². The fourth-order valence-corrected chi connectivity index (χ4v) is 1.11. The molecule has 0 saturated carbocycles. The van der Waals surface area contributed by atoms with Crippen molar-refractivity contribution in [2.75, 3.05) is 0 Å². The summed E-state index contributed by atoms with van der Waals surface area (Å²) < 4.78 is 0. The molecular weight excluding hydrogens is 166 g/mol. The fourth-order valence-electron chi connectivity index (χ4n) is 1.11. The maximum absolute atomic E-state index is 10.6. The highest BCUT2D eigenvalue weighted by Gasteiger charge is 2.11. The van der Waals surface area contributed by atoms with Crippen molar-refractivity contribution in [1.82, 2.24) is 4.98 Å². The first-order chi connectivity index (χ1) is 6.09. The van der Waals surface area contributed by atoms with Crippen molar-refractivity contribution in [3.05, 3.63) is 29.6 Å². The fraction of sp³-hybridized carbons (Fsp3) is 0.400. The van der Waals surface area contributed by atoms with E-state index in [4.69, 9.17) is 5.11 Å². The highest BCUT2D eigenvalue weighted by atomic mass is 16.4. The molecule has 1 aromatic rings. The van der Waals surface area contributed by atoms with Crippen LogP contribution in [-0.2, 0) is 11.2 Å². The number of rotatable bonds is 3. The van der Waals surface area contributed by atoms with Crippen LogP contribution in [0.25, 0.3) is 0 Å². The standard InChI is InChI=1S/C10H13NO2/c1-7-3-4-11-9(5-7)6-8(2)10(12)13/h3-5,8H,6H2,1-2H3,(H,12,13). The second-order valence-electron chi connectivity index (χ2n) is 3.27. The zero-order valence-electron chi connectivity index (χ0n) is 7.82. The molecule has 1 atom stereocenters. The third-order valence-corrected chi connectivity index (χ3v) is 1.91. The molecule has 0 fully saturated rings. The molecule has 70 valence electrons. The Labute approximate surface area is 77.4 Å². The molecule has 1 unspecified atom stereocenters. The Morgan fingerprint density at radius 2 is 2.38 bits per heavy atom. The molecule has 1 aromatic heterocycles. The number of hydrogen-bond acceptors (Lipinski definition) is 2. The van der Waals surface area contributed by atoms with Crippen molar-refractivity contribution >= 4 is 5.97 Å². The summed E-state index contributed by atoms with van der Waals surface area (Å²) in [5, 5.41) is 8.68. The predicted molar refractivity (Wildman–Crippen MR) is 49.5 cm³/mol. The highest BCUT2D eigenvalue weighted by molar-refractivity contribution is 5.69. The minimum Gasteiger partial charge on any atom is -0.481 e. The van der Waals surface area contributed by atoms with Crippen LogP contribution in [-0.4, -0.2) is 16.1 Å². The van der Waals surface area contributed by atoms with Gasteiger partial charge in [-0.2, -0.15) is 0 Å². The van der Waals surface area contributed by atoms with Gasteiger partial charge in [-0.05, 0) is 24.6 Å². The maximum atomic E-state index is 10.6. The summed E-state index contributed by atoms with van der Waals surface area (Å²) in [5.41, 5.74) is 1.96. The van der Waals surface area contributed by atoms with Crippen LogP contribution < -0.4 is 0 Å². The number of aryl methyl sites for hydroxylation is 1. The van der Waals surface area contributed by atoms with E-state index in [1.54, 1.807) is 13.1 Å². The Bertz CT molecular complexity index is 310. The van der Waals surface area contributed by atoms with Gasteiger partial charge in [0.2, 0.25) is 0 Å². The number of carboxylic acid groups (broad SMARTS) is 1. The van der Waals surface area contributed by atoms with Crippen LogP contribution in [0.1, 0.15) is 18.2 Å². The van der Waals surface area contributed by atoms with Crippen molar-refractivity contribution in [2.45, 2.75) is 20.3 Å². The number of nitrogens with zero attached hydrogens (tertiary/aromatic N) is 1. The number of carbonyl (C=O) groups is 1. The van der Waals surface area contributed by atoms with Gasteiger partial charge in [-0.25, -0.2) is 0 Å². The smallest absolute Gasteiger partial charge is 0.306 e. The first kappa shape index (κ1) is 9.71. The molecule has 0 aliphatic carbocycles. The average molecular weight is 179 g/mol. The molecular formula is C10H13NO2. The minimum atomic E-state index is -0.775. The molecule has 1 rings (SSSR count). The van der Waals surface area contributed by atoms with Crippen molar-refractivity contribution in [3.8, 4) is 0 Å². The van der Waals surface area contributed by atoms with Gasteiger partial charge in [0.15, 0.2) is 0 Å². The van der Waals surface area contributed by atoms with Gasteiger partial charge in [0.25, 0.3) is 0 Å². The highest BCUT2D eigenvalue weighted by Crippen LogP contribution is 2.07. The molecule has 0 bridgehead atoms. The number of hydrogen-bond donors (Lipinski definition) is 1. The lowest BCUT2D eigenvalue weighted by atomic mass is 10.0. The van der Waals surface area contributed by atoms with Crippen LogP contribution in [0, 0.1) is 12.8 Å². The SMILES string of the molecule is Cc1ccnc(CC(C)C(=O)O)c1. The van der Waals surface area contributed by atoms with Crippen molar-refractivity contribution < 1.29 is 9.90 Å². The van der Waals surface area contributed by atoms with Crippen LogP contribution in [0.3, 0.4) is 0 Å². The van der Waals surface area contributed by atoms with Crippen LogP contribution in [0.2, 0.25) is 0 Å². The van der Waals surface area contributed by atoms with Crippen molar-refractivity contribution in [1.29, 1.82) is 0 Å². The molecule has 13 heavy (non-hydrogen) atoms. The van der Waals surface area contributed by atoms with Crippen LogP contribution >= 0.6 is 0 Å². The lowest BCUT2D eigenvalue weighted by molar-refractivity contribution is -0.141. The third-order valence-electron chi connectivity index (χ3n) is 1.91. The van der Waals surface area contributed by atoms with E-state index in [1.807, 2.05) is 19.1 Å². The van der Waals surface area contributed by atoms with Gasteiger partial charge in [0.1, 0.15) is 0 Å². The summed E-state index contributed by atoms with van der Waals surface area (Å²) in [5.74, 6) is -1.14. The molecule has 1 heterocycles. The van der Waals surface area contributed by atoms with Gasteiger partial charge in [0, 0.05) is 18.3 Å². The molecule has 0 spiro atoms. The summed E-state index contributed by atoms with van der Waals surface area (Å²) in [6.45, 7) is 3.66. The Balaban J connectivity index is 2.69. The topological polar surface area (TPSA) is 50.2 Å². The maximum Gasteiger partial charge on any atom is 0.306 e. The van der Waals surface area contributed by atoms with Crippen LogP contribution in [0.5, 0.6) is 0 Å². The molecule has 1 N–H and O–H groups in total. The predicted octanol–water partition coefficient (Wildman–Crippen LogP) is 1.65. The van der Waals surface area contributed by atoms with Gasteiger partial charge in [-0.15, -0.1) is 0 Å². The molecule has 0 saturated heterocycles. The Kier molecular flexibility index (Phi) is 3.01. The lowest BCUT2D eigenvalue weighted by Gasteiger charge is -2.05. The van der Waals surface area contributed by atoms with E-state index in [0.717, 1.165) is 11.3 Å². The second-order valence-corrected chi connectivity index (χ2v) is 3.27. The van der Waals surface area contributed by atoms with E-state index in [-0.39, 0.29) is 5.92 Å². The number of aliphatic carboxylic acids is 1. The van der Waals surface area contributed by atoms with E-state index in [9.17, 15) is 4.79 Å². The van der Waals surface area contributed by atoms with Crippen molar-refractivity contribution in [3.63, 3.8) is 0 Å². The zero-order chi connectivity index (χ0) is 9.84. The summed E-state index contributed by atoms with van der Waals surface area (Å²) in [4.78, 5) is 14.7. The molecule has 0 aromatic carbocycles. The zero-order valence-corrected chi connectivity index (χ0v) is 7.82. The Hall–Kier alpha value is -1.38. The minimum absolute atomic E-state index is 0.366. The lowest BCUT2D eigenvalue weighted by Crippen LogP contribution is -2.13. The second kappa shape index (κ2) is 4.03. The van der Waals surface area contributed by atoms with Crippen LogP contribution in [0.15, 0.2) is 18.3 Å². The Morgan fingerprint density at radius 1 is 1.69 bits per heavy atom. The summed E-state index contributed by atoms with van der Waals surface area (Å²) in [7, 11) is 0. The summed E-state index contributed by atoms with van der Waals surface area (Å²) in [6.07, 6.45) is 2.20.